The van der Waals surface area contributed by atoms with Gasteiger partial charge in [0.05, 0.1) is 12.0 Å². The molecule has 3 heterocycles. The summed E-state index contributed by atoms with van der Waals surface area (Å²) in [5, 5.41) is 8.01. The number of imidazole rings is 1. The van der Waals surface area contributed by atoms with Crippen LogP contribution in [0.2, 0.25) is 0 Å². The van der Waals surface area contributed by atoms with E-state index >= 15 is 0 Å². The van der Waals surface area contributed by atoms with Gasteiger partial charge < -0.3 is 14.4 Å². The third kappa shape index (κ3) is 2.29. The number of aromatic nitrogens is 5. The van der Waals surface area contributed by atoms with Crippen LogP contribution >= 0.6 is 11.3 Å². The molecule has 0 aromatic carbocycles. The number of nitrogens with one attached hydrogen (secondary N) is 1. The van der Waals surface area contributed by atoms with Crippen molar-refractivity contribution < 1.29 is 4.52 Å². The van der Waals surface area contributed by atoms with Gasteiger partial charge in [-0.3, -0.25) is 0 Å². The number of aryl methyl sites for hydroxylation is 2. The molecule has 0 unspecified atom stereocenters. The molecule has 0 fully saturated rings. The van der Waals surface area contributed by atoms with Crippen LogP contribution < -0.4 is 5.32 Å². The van der Waals surface area contributed by atoms with E-state index in [1.165, 1.54) is 11.3 Å². The van der Waals surface area contributed by atoms with Crippen molar-refractivity contribution >= 4 is 16.5 Å². The van der Waals surface area contributed by atoms with Crippen LogP contribution in [0, 0.1) is 6.92 Å². The minimum Gasteiger partial charge on any atom is -0.362 e. The maximum atomic E-state index is 5.32. The van der Waals surface area contributed by atoms with Gasteiger partial charge in [-0.15, -0.1) is 0 Å². The van der Waals surface area contributed by atoms with Crippen LogP contribution in [0.5, 0.6) is 0 Å². The second-order valence-corrected chi connectivity index (χ2v) is 5.31. The molecule has 0 saturated carbocycles. The van der Waals surface area contributed by atoms with Crippen molar-refractivity contribution in [2.45, 2.75) is 13.8 Å². The number of anilines is 1. The normalized spacial score (nSPS) is 10.9. The minimum absolute atomic E-state index is 0.477. The number of hydrogen-bond donors (Lipinski definition) is 1. The van der Waals surface area contributed by atoms with E-state index in [0.29, 0.717) is 17.4 Å². The quantitative estimate of drug-likeness (QED) is 0.794. The second-order valence-electron chi connectivity index (χ2n) is 4.31. The second kappa shape index (κ2) is 5.04. The highest BCUT2D eigenvalue weighted by atomic mass is 32.1. The topological polar surface area (TPSA) is 81.7 Å². The maximum absolute atomic E-state index is 5.32. The van der Waals surface area contributed by atoms with Gasteiger partial charge in [0, 0.05) is 19.8 Å². The number of nitrogens with zero attached hydrogens (tertiary/aromatic N) is 5. The summed E-state index contributed by atoms with van der Waals surface area (Å²) in [6, 6.07) is 0. The van der Waals surface area contributed by atoms with Crippen LogP contribution in [-0.4, -0.2) is 31.2 Å². The highest BCUT2D eigenvalue weighted by Gasteiger charge is 2.17. The molecule has 0 radical (unpaired) electrons. The molecule has 0 bridgehead atoms. The van der Waals surface area contributed by atoms with Crippen molar-refractivity contribution in [3.05, 3.63) is 18.2 Å². The highest BCUT2D eigenvalue weighted by Crippen LogP contribution is 2.32. The van der Waals surface area contributed by atoms with E-state index < -0.39 is 0 Å². The summed E-state index contributed by atoms with van der Waals surface area (Å²) in [7, 11) is 1.90. The van der Waals surface area contributed by atoms with Crippen molar-refractivity contribution in [3.63, 3.8) is 0 Å². The molecule has 20 heavy (non-hydrogen) atoms. The first-order valence-electron chi connectivity index (χ1n) is 6.21. The molecule has 3 rings (SSSR count). The molecular weight excluding hydrogens is 276 g/mol. The molecule has 1 N–H and O–H groups in total. The molecule has 3 aromatic heterocycles. The zero-order chi connectivity index (χ0) is 14.1. The van der Waals surface area contributed by atoms with Gasteiger partial charge >= 0.3 is 0 Å². The summed E-state index contributed by atoms with van der Waals surface area (Å²) in [5.41, 5.74) is 1.57. The monoisotopic (exact) mass is 290 g/mol. The Labute approximate surface area is 119 Å². The standard InChI is InChI=1S/C12H14N6OS/c1-4-13-12-15-7(2)9(20-12)11-16-10(17-19-11)8-5-18(3)6-14-8/h5-6H,4H2,1-3H3,(H,13,15). The molecule has 0 aliphatic carbocycles. The summed E-state index contributed by atoms with van der Waals surface area (Å²) in [5.74, 6) is 0.961. The van der Waals surface area contributed by atoms with Crippen molar-refractivity contribution in [3.8, 4) is 22.3 Å². The van der Waals surface area contributed by atoms with Gasteiger partial charge in [-0.2, -0.15) is 4.98 Å². The maximum Gasteiger partial charge on any atom is 0.270 e. The van der Waals surface area contributed by atoms with Crippen molar-refractivity contribution in [2.24, 2.45) is 7.05 Å². The zero-order valence-corrected chi connectivity index (χ0v) is 12.2. The summed E-state index contributed by atoms with van der Waals surface area (Å²) in [6.45, 7) is 4.79. The molecule has 8 heteroatoms. The summed E-state index contributed by atoms with van der Waals surface area (Å²) in [6.07, 6.45) is 3.55. The fourth-order valence-corrected chi connectivity index (χ4v) is 2.73. The minimum atomic E-state index is 0.477. The largest absolute Gasteiger partial charge is 0.362 e. The number of thiazole rings is 1. The lowest BCUT2D eigenvalue weighted by atomic mass is 10.4. The fraction of sp³-hybridized carbons (Fsp3) is 0.333. The smallest absolute Gasteiger partial charge is 0.270 e. The van der Waals surface area contributed by atoms with Crippen molar-refractivity contribution in [1.82, 2.24) is 24.7 Å². The SMILES string of the molecule is CCNc1nc(C)c(-c2nc(-c3cn(C)cn3)no2)s1. The predicted octanol–water partition coefficient (Wildman–Crippen LogP) is 2.33. The van der Waals surface area contributed by atoms with Gasteiger partial charge in [-0.1, -0.05) is 16.5 Å². The van der Waals surface area contributed by atoms with E-state index in [4.69, 9.17) is 4.52 Å². The summed E-state index contributed by atoms with van der Waals surface area (Å²) in [4.78, 5) is 13.9. The van der Waals surface area contributed by atoms with Crippen molar-refractivity contribution in [1.29, 1.82) is 0 Å². The molecule has 0 aliphatic heterocycles. The van der Waals surface area contributed by atoms with Crippen LogP contribution in [0.25, 0.3) is 22.3 Å². The third-order valence-corrected chi connectivity index (χ3v) is 3.78. The number of hydrogen-bond acceptors (Lipinski definition) is 7. The van der Waals surface area contributed by atoms with Gasteiger partial charge in [0.25, 0.3) is 5.89 Å². The lowest BCUT2D eigenvalue weighted by Gasteiger charge is -1.92. The van der Waals surface area contributed by atoms with E-state index in [-0.39, 0.29) is 0 Å². The average molecular weight is 290 g/mol. The lowest BCUT2D eigenvalue weighted by molar-refractivity contribution is 0.433. The Morgan fingerprint density at radius 1 is 1.40 bits per heavy atom. The molecule has 0 spiro atoms. The van der Waals surface area contributed by atoms with Crippen molar-refractivity contribution in [2.75, 3.05) is 11.9 Å². The van der Waals surface area contributed by atoms with E-state index in [9.17, 15) is 0 Å². The fourth-order valence-electron chi connectivity index (χ4n) is 1.77. The van der Waals surface area contributed by atoms with E-state index in [0.717, 1.165) is 22.2 Å². The molecule has 0 saturated heterocycles. The van der Waals surface area contributed by atoms with E-state index in [1.54, 1.807) is 6.33 Å². The molecule has 3 aromatic rings. The van der Waals surface area contributed by atoms with Gasteiger partial charge in [0.1, 0.15) is 10.6 Å². The van der Waals surface area contributed by atoms with Crippen LogP contribution in [0.3, 0.4) is 0 Å². The first kappa shape index (κ1) is 12.8. The first-order valence-corrected chi connectivity index (χ1v) is 7.02. The van der Waals surface area contributed by atoms with E-state index in [2.05, 4.69) is 25.4 Å². The predicted molar refractivity (Wildman–Crippen MR) is 76.5 cm³/mol. The molecule has 7 nitrogen and oxygen atoms in total. The Morgan fingerprint density at radius 3 is 2.95 bits per heavy atom. The average Bonchev–Trinajstić information content (AvgIpc) is 3.09. The van der Waals surface area contributed by atoms with Gasteiger partial charge in [-0.25, -0.2) is 9.97 Å². The Kier molecular flexibility index (Phi) is 3.23. The summed E-state index contributed by atoms with van der Waals surface area (Å²) >= 11 is 1.51. The van der Waals surface area contributed by atoms with Crippen LogP contribution in [0.4, 0.5) is 5.13 Å². The van der Waals surface area contributed by atoms with Crippen LogP contribution in [0.1, 0.15) is 12.6 Å². The molecular formula is C12H14N6OS. The molecule has 104 valence electrons. The van der Waals surface area contributed by atoms with Gasteiger partial charge in [0.2, 0.25) is 5.82 Å². The summed E-state index contributed by atoms with van der Waals surface area (Å²) < 4.78 is 7.16. The Bertz CT molecular complexity index is 728. The van der Waals surface area contributed by atoms with E-state index in [1.807, 2.05) is 31.7 Å². The number of rotatable bonds is 4. The molecule has 0 atom stereocenters. The Balaban J connectivity index is 1.93. The first-order chi connectivity index (χ1) is 9.67. The van der Waals surface area contributed by atoms with Gasteiger partial charge in [0.15, 0.2) is 5.13 Å². The van der Waals surface area contributed by atoms with Crippen LogP contribution in [0.15, 0.2) is 17.0 Å². The lowest BCUT2D eigenvalue weighted by Crippen LogP contribution is -1.94. The Hall–Kier alpha value is -2.22. The Morgan fingerprint density at radius 2 is 2.25 bits per heavy atom. The molecule has 0 amide bonds. The zero-order valence-electron chi connectivity index (χ0n) is 11.4. The molecule has 0 aliphatic rings. The van der Waals surface area contributed by atoms with Gasteiger partial charge in [-0.05, 0) is 13.8 Å². The highest BCUT2D eigenvalue weighted by molar-refractivity contribution is 7.19. The third-order valence-electron chi connectivity index (χ3n) is 2.68. The van der Waals surface area contributed by atoms with Crippen LogP contribution in [-0.2, 0) is 7.05 Å².